The Balaban J connectivity index is 2.25. The van der Waals surface area contributed by atoms with Crippen LogP contribution in [0.4, 0.5) is 0 Å². The molecule has 1 rings (SSSR count). The lowest BCUT2D eigenvalue weighted by Crippen LogP contribution is -2.44. The van der Waals surface area contributed by atoms with E-state index in [1.54, 1.807) is 0 Å². The molecule has 3 nitrogen and oxygen atoms in total. The van der Waals surface area contributed by atoms with Crippen molar-refractivity contribution in [3.8, 4) is 0 Å². The highest BCUT2D eigenvalue weighted by Crippen LogP contribution is 2.12. The van der Waals surface area contributed by atoms with Crippen LogP contribution in [0.15, 0.2) is 0 Å². The molecular weight excluding hydrogens is 200 g/mol. The van der Waals surface area contributed by atoms with E-state index in [0.29, 0.717) is 0 Å². The average Bonchev–Trinajstić information content (AvgIpc) is 2.24. The number of rotatable bonds is 5. The molecule has 0 amide bonds. The number of hydrogen-bond donors (Lipinski definition) is 1. The largest absolute Gasteiger partial charge is 0.375 e. The summed E-state index contributed by atoms with van der Waals surface area (Å²) in [7, 11) is 0. The van der Waals surface area contributed by atoms with Gasteiger partial charge in [0.15, 0.2) is 0 Å². The first-order chi connectivity index (χ1) is 7.53. The summed E-state index contributed by atoms with van der Waals surface area (Å²) >= 11 is 0. The van der Waals surface area contributed by atoms with Gasteiger partial charge in [0, 0.05) is 12.6 Å². The number of likely N-dealkylation sites (N-methyl/N-ethyl adjacent to an activating group) is 1. The molecule has 1 N–H and O–H groups in total. The highest BCUT2D eigenvalue weighted by Gasteiger charge is 2.20. The van der Waals surface area contributed by atoms with Crippen LogP contribution in [0.1, 0.15) is 40.5 Å². The molecule has 0 spiro atoms. The molecule has 3 heteroatoms. The molecule has 16 heavy (non-hydrogen) atoms. The second kappa shape index (κ2) is 6.58. The fourth-order valence-corrected chi connectivity index (χ4v) is 2.24. The predicted molar refractivity (Wildman–Crippen MR) is 68.8 cm³/mol. The molecule has 1 heterocycles. The Morgan fingerprint density at radius 1 is 1.25 bits per heavy atom. The molecule has 1 saturated heterocycles. The van der Waals surface area contributed by atoms with Gasteiger partial charge in [0.05, 0.1) is 12.2 Å². The van der Waals surface area contributed by atoms with E-state index in [4.69, 9.17) is 4.74 Å². The molecule has 0 aromatic rings. The van der Waals surface area contributed by atoms with Gasteiger partial charge in [-0.25, -0.2) is 0 Å². The van der Waals surface area contributed by atoms with Crippen molar-refractivity contribution in [2.75, 3.05) is 32.8 Å². The molecule has 0 aliphatic carbocycles. The smallest absolute Gasteiger partial charge is 0.0600 e. The minimum atomic E-state index is -0.00642. The van der Waals surface area contributed by atoms with Crippen molar-refractivity contribution >= 4 is 0 Å². The maximum atomic E-state index is 5.80. The van der Waals surface area contributed by atoms with Crippen molar-refractivity contribution in [1.29, 1.82) is 0 Å². The van der Waals surface area contributed by atoms with Gasteiger partial charge in [0.2, 0.25) is 0 Å². The van der Waals surface area contributed by atoms with Crippen LogP contribution in [0, 0.1) is 0 Å². The summed E-state index contributed by atoms with van der Waals surface area (Å²) in [5.41, 5.74) is -0.00642. The Kier molecular flexibility index (Phi) is 5.73. The Bertz CT molecular complexity index is 183. The number of nitrogens with one attached hydrogen (secondary N) is 1. The van der Waals surface area contributed by atoms with Crippen molar-refractivity contribution in [1.82, 2.24) is 10.2 Å². The highest BCUT2D eigenvalue weighted by molar-refractivity contribution is 4.77. The van der Waals surface area contributed by atoms with E-state index >= 15 is 0 Å². The molecule has 0 atom stereocenters. The van der Waals surface area contributed by atoms with Crippen LogP contribution in [0.3, 0.4) is 0 Å². The molecule has 96 valence electrons. The van der Waals surface area contributed by atoms with Gasteiger partial charge in [-0.05, 0) is 53.2 Å². The van der Waals surface area contributed by atoms with E-state index in [0.717, 1.165) is 25.7 Å². The Morgan fingerprint density at radius 3 is 2.38 bits per heavy atom. The van der Waals surface area contributed by atoms with Gasteiger partial charge in [-0.15, -0.1) is 0 Å². The number of hydrogen-bond acceptors (Lipinski definition) is 3. The van der Waals surface area contributed by atoms with E-state index < -0.39 is 0 Å². The van der Waals surface area contributed by atoms with Crippen LogP contribution in [0.5, 0.6) is 0 Å². The molecule has 0 aromatic carbocycles. The summed E-state index contributed by atoms with van der Waals surface area (Å²) in [6, 6.07) is 0.759. The second-order valence-electron chi connectivity index (χ2n) is 5.57. The van der Waals surface area contributed by atoms with Gasteiger partial charge in [0.1, 0.15) is 0 Å². The Morgan fingerprint density at radius 2 is 1.88 bits per heavy atom. The van der Waals surface area contributed by atoms with Crippen LogP contribution in [0.25, 0.3) is 0 Å². The van der Waals surface area contributed by atoms with Crippen molar-refractivity contribution in [3.05, 3.63) is 0 Å². The van der Waals surface area contributed by atoms with Crippen molar-refractivity contribution in [2.24, 2.45) is 0 Å². The summed E-state index contributed by atoms with van der Waals surface area (Å²) in [6.45, 7) is 14.0. The zero-order chi connectivity index (χ0) is 12.0. The van der Waals surface area contributed by atoms with E-state index in [2.05, 4.69) is 37.9 Å². The number of nitrogens with zero attached hydrogens (tertiary/aromatic N) is 1. The molecule has 0 unspecified atom stereocenters. The zero-order valence-corrected chi connectivity index (χ0v) is 11.4. The summed E-state index contributed by atoms with van der Waals surface area (Å²) in [5, 5.41) is 3.42. The summed E-state index contributed by atoms with van der Waals surface area (Å²) in [5.74, 6) is 0. The van der Waals surface area contributed by atoms with Gasteiger partial charge in [0.25, 0.3) is 0 Å². The molecule has 0 aromatic heterocycles. The van der Waals surface area contributed by atoms with Gasteiger partial charge in [-0.3, -0.25) is 4.90 Å². The molecule has 0 radical (unpaired) electrons. The molecule has 0 bridgehead atoms. The van der Waals surface area contributed by atoms with Crippen LogP contribution >= 0.6 is 0 Å². The minimum Gasteiger partial charge on any atom is -0.375 e. The molecule has 0 saturated carbocycles. The SMILES string of the molecule is CCN(CCOC(C)(C)C)C1CCNCC1. The van der Waals surface area contributed by atoms with Crippen LogP contribution in [-0.2, 0) is 4.74 Å². The lowest BCUT2D eigenvalue weighted by molar-refractivity contribution is -0.0185. The first kappa shape index (κ1) is 13.9. The fraction of sp³-hybridized carbons (Fsp3) is 1.00. The standard InChI is InChI=1S/C13H28N2O/c1-5-15(10-11-16-13(2,3)4)12-6-8-14-9-7-12/h12,14H,5-11H2,1-4H3. The number of piperidine rings is 1. The summed E-state index contributed by atoms with van der Waals surface area (Å²) in [6.07, 6.45) is 2.56. The highest BCUT2D eigenvalue weighted by atomic mass is 16.5. The minimum absolute atomic E-state index is 0.00642. The van der Waals surface area contributed by atoms with E-state index in [1.807, 2.05) is 0 Å². The molecule has 1 fully saturated rings. The lowest BCUT2D eigenvalue weighted by atomic mass is 10.1. The lowest BCUT2D eigenvalue weighted by Gasteiger charge is -2.34. The third-order valence-electron chi connectivity index (χ3n) is 3.14. The zero-order valence-electron chi connectivity index (χ0n) is 11.4. The Labute approximate surface area is 101 Å². The topological polar surface area (TPSA) is 24.5 Å². The quantitative estimate of drug-likeness (QED) is 0.777. The van der Waals surface area contributed by atoms with Gasteiger partial charge < -0.3 is 10.1 Å². The van der Waals surface area contributed by atoms with Crippen molar-refractivity contribution in [2.45, 2.75) is 52.2 Å². The fourth-order valence-electron chi connectivity index (χ4n) is 2.24. The first-order valence-electron chi connectivity index (χ1n) is 6.61. The molecular formula is C13H28N2O. The van der Waals surface area contributed by atoms with Gasteiger partial charge in [-0.1, -0.05) is 6.92 Å². The van der Waals surface area contributed by atoms with Crippen LogP contribution in [0.2, 0.25) is 0 Å². The number of ether oxygens (including phenoxy) is 1. The third-order valence-corrected chi connectivity index (χ3v) is 3.14. The van der Waals surface area contributed by atoms with Crippen LogP contribution in [-0.4, -0.2) is 49.3 Å². The first-order valence-corrected chi connectivity index (χ1v) is 6.61. The maximum Gasteiger partial charge on any atom is 0.0600 e. The maximum absolute atomic E-state index is 5.80. The Hall–Kier alpha value is -0.120. The summed E-state index contributed by atoms with van der Waals surface area (Å²) in [4.78, 5) is 2.56. The van der Waals surface area contributed by atoms with Crippen LogP contribution < -0.4 is 5.32 Å². The molecule has 1 aliphatic heterocycles. The average molecular weight is 228 g/mol. The third kappa shape index (κ3) is 5.28. The molecule has 1 aliphatic rings. The van der Waals surface area contributed by atoms with E-state index in [1.165, 1.54) is 25.9 Å². The van der Waals surface area contributed by atoms with Gasteiger partial charge in [-0.2, -0.15) is 0 Å². The predicted octanol–water partition coefficient (Wildman–Crippen LogP) is 1.88. The monoisotopic (exact) mass is 228 g/mol. The van der Waals surface area contributed by atoms with Crippen molar-refractivity contribution < 1.29 is 4.74 Å². The van der Waals surface area contributed by atoms with Crippen molar-refractivity contribution in [3.63, 3.8) is 0 Å². The second-order valence-corrected chi connectivity index (χ2v) is 5.57. The van der Waals surface area contributed by atoms with E-state index in [-0.39, 0.29) is 5.60 Å². The normalized spacial score (nSPS) is 19.3. The summed E-state index contributed by atoms with van der Waals surface area (Å²) < 4.78 is 5.80. The van der Waals surface area contributed by atoms with E-state index in [9.17, 15) is 0 Å². The van der Waals surface area contributed by atoms with Gasteiger partial charge >= 0.3 is 0 Å².